The monoisotopic (exact) mass is 414 g/mol. The molecule has 6 heteroatoms. The highest BCUT2D eigenvalue weighted by Crippen LogP contribution is 2.40. The molecule has 1 N–H and O–H groups in total. The first-order valence-electron chi connectivity index (χ1n) is 10.4. The number of carbonyl (C=O) groups is 1. The summed E-state index contributed by atoms with van der Waals surface area (Å²) in [6.45, 7) is 7.31. The van der Waals surface area contributed by atoms with E-state index in [2.05, 4.69) is 10.2 Å². The van der Waals surface area contributed by atoms with Gasteiger partial charge in [0, 0.05) is 25.0 Å². The number of hydrogen-bond donors (Lipinski definition) is 1. The summed E-state index contributed by atoms with van der Waals surface area (Å²) in [7, 11) is 3.26. The van der Waals surface area contributed by atoms with Crippen LogP contribution in [0.25, 0.3) is 0 Å². The number of amides is 1. The molecule has 0 bridgehead atoms. The molecule has 2 atom stereocenters. The van der Waals surface area contributed by atoms with Gasteiger partial charge in [0.05, 0.1) is 20.3 Å². The van der Waals surface area contributed by atoms with Crippen molar-refractivity contribution in [3.05, 3.63) is 58.9 Å². The molecule has 1 aliphatic heterocycles. The number of halogens is 1. The van der Waals surface area contributed by atoms with Crippen LogP contribution in [-0.2, 0) is 17.8 Å². The maximum Gasteiger partial charge on any atom is 0.222 e. The molecule has 2 aromatic rings. The first-order valence-corrected chi connectivity index (χ1v) is 10.4. The second kappa shape index (κ2) is 9.47. The van der Waals surface area contributed by atoms with Crippen molar-refractivity contribution in [3.8, 4) is 11.5 Å². The molecule has 0 radical (unpaired) electrons. The zero-order chi connectivity index (χ0) is 21.8. The molecule has 1 amide bonds. The SMILES string of the molecule is COc1cc2c(cc1OC)[C@@H]([C@@H](C)NC(=O)C(C)C)N(Cc1ccc(F)cc1)CC2. The number of methoxy groups -OCH3 is 2. The third kappa shape index (κ3) is 4.75. The zero-order valence-electron chi connectivity index (χ0n) is 18.4. The maximum absolute atomic E-state index is 13.4. The molecule has 3 rings (SSSR count). The van der Waals surface area contributed by atoms with E-state index in [1.54, 1.807) is 14.2 Å². The Morgan fingerprint density at radius 2 is 1.77 bits per heavy atom. The van der Waals surface area contributed by atoms with E-state index in [4.69, 9.17) is 9.47 Å². The fourth-order valence-corrected chi connectivity index (χ4v) is 4.09. The molecule has 0 aromatic heterocycles. The average molecular weight is 415 g/mol. The lowest BCUT2D eigenvalue weighted by Gasteiger charge is -2.41. The van der Waals surface area contributed by atoms with Crippen LogP contribution in [0.3, 0.4) is 0 Å². The Morgan fingerprint density at radius 3 is 2.37 bits per heavy atom. The molecule has 2 aromatic carbocycles. The summed E-state index contributed by atoms with van der Waals surface area (Å²) in [6, 6.07) is 10.5. The maximum atomic E-state index is 13.4. The predicted octanol–water partition coefficient (Wildman–Crippen LogP) is 4.10. The lowest BCUT2D eigenvalue weighted by atomic mass is 9.87. The third-order valence-electron chi connectivity index (χ3n) is 5.69. The lowest BCUT2D eigenvalue weighted by molar-refractivity contribution is -0.125. The minimum absolute atomic E-state index is 0.0248. The number of nitrogens with one attached hydrogen (secondary N) is 1. The van der Waals surface area contributed by atoms with Gasteiger partial charge in [0.15, 0.2) is 11.5 Å². The van der Waals surface area contributed by atoms with E-state index in [1.165, 1.54) is 17.7 Å². The summed E-state index contributed by atoms with van der Waals surface area (Å²) in [5.41, 5.74) is 3.35. The van der Waals surface area contributed by atoms with Crippen molar-refractivity contribution in [1.29, 1.82) is 0 Å². The smallest absolute Gasteiger partial charge is 0.222 e. The minimum atomic E-state index is -0.242. The number of fused-ring (bicyclic) bond motifs is 1. The molecular weight excluding hydrogens is 383 g/mol. The highest BCUT2D eigenvalue weighted by atomic mass is 19.1. The summed E-state index contributed by atoms with van der Waals surface area (Å²) in [5, 5.41) is 3.17. The van der Waals surface area contributed by atoms with Gasteiger partial charge in [0.2, 0.25) is 5.91 Å². The van der Waals surface area contributed by atoms with E-state index >= 15 is 0 Å². The largest absolute Gasteiger partial charge is 0.493 e. The van der Waals surface area contributed by atoms with Gasteiger partial charge in [0.25, 0.3) is 0 Å². The normalized spacial score (nSPS) is 17.4. The van der Waals surface area contributed by atoms with E-state index in [1.807, 2.05) is 45.0 Å². The van der Waals surface area contributed by atoms with Gasteiger partial charge in [-0.2, -0.15) is 0 Å². The van der Waals surface area contributed by atoms with Crippen molar-refractivity contribution in [2.75, 3.05) is 20.8 Å². The van der Waals surface area contributed by atoms with Crippen LogP contribution in [-0.4, -0.2) is 37.6 Å². The van der Waals surface area contributed by atoms with Crippen molar-refractivity contribution in [2.24, 2.45) is 5.92 Å². The van der Waals surface area contributed by atoms with Crippen LogP contribution in [0.4, 0.5) is 4.39 Å². The van der Waals surface area contributed by atoms with E-state index in [-0.39, 0.29) is 29.7 Å². The van der Waals surface area contributed by atoms with Crippen LogP contribution < -0.4 is 14.8 Å². The molecule has 5 nitrogen and oxygen atoms in total. The van der Waals surface area contributed by atoms with Gasteiger partial charge >= 0.3 is 0 Å². The number of carbonyl (C=O) groups excluding carboxylic acids is 1. The Kier molecular flexibility index (Phi) is 6.98. The number of ether oxygens (including phenoxy) is 2. The molecule has 0 saturated heterocycles. The number of rotatable bonds is 7. The van der Waals surface area contributed by atoms with Crippen LogP contribution >= 0.6 is 0 Å². The van der Waals surface area contributed by atoms with Crippen molar-refractivity contribution in [2.45, 2.75) is 45.8 Å². The van der Waals surface area contributed by atoms with E-state index in [9.17, 15) is 9.18 Å². The summed E-state index contributed by atoms with van der Waals surface area (Å²) >= 11 is 0. The van der Waals surface area contributed by atoms with Gasteiger partial charge in [-0.05, 0) is 54.3 Å². The second-order valence-corrected chi connectivity index (χ2v) is 8.15. The topological polar surface area (TPSA) is 50.8 Å². The minimum Gasteiger partial charge on any atom is -0.493 e. The molecule has 30 heavy (non-hydrogen) atoms. The second-order valence-electron chi connectivity index (χ2n) is 8.15. The molecule has 1 heterocycles. The average Bonchev–Trinajstić information content (AvgIpc) is 2.73. The van der Waals surface area contributed by atoms with E-state index in [0.717, 1.165) is 24.1 Å². The molecule has 1 aliphatic rings. The zero-order valence-corrected chi connectivity index (χ0v) is 18.4. The summed E-state index contributed by atoms with van der Waals surface area (Å²) in [5.74, 6) is 1.07. The Labute approximate surface area is 178 Å². The third-order valence-corrected chi connectivity index (χ3v) is 5.69. The van der Waals surface area contributed by atoms with Crippen molar-refractivity contribution < 1.29 is 18.7 Å². The fourth-order valence-electron chi connectivity index (χ4n) is 4.09. The quantitative estimate of drug-likeness (QED) is 0.741. The van der Waals surface area contributed by atoms with Crippen LogP contribution in [0.15, 0.2) is 36.4 Å². The fraction of sp³-hybridized carbons (Fsp3) is 0.458. The number of hydrogen-bond acceptors (Lipinski definition) is 4. The molecule has 0 fully saturated rings. The van der Waals surface area contributed by atoms with Crippen LogP contribution in [0.2, 0.25) is 0 Å². The van der Waals surface area contributed by atoms with E-state index in [0.29, 0.717) is 18.0 Å². The van der Waals surface area contributed by atoms with Gasteiger partial charge in [-0.25, -0.2) is 4.39 Å². The van der Waals surface area contributed by atoms with E-state index < -0.39 is 0 Å². The van der Waals surface area contributed by atoms with Crippen LogP contribution in [0.1, 0.15) is 43.5 Å². The van der Waals surface area contributed by atoms with Gasteiger partial charge in [-0.3, -0.25) is 9.69 Å². The Morgan fingerprint density at radius 1 is 1.13 bits per heavy atom. The Hall–Kier alpha value is -2.60. The van der Waals surface area contributed by atoms with Crippen molar-refractivity contribution >= 4 is 5.91 Å². The summed E-state index contributed by atoms with van der Waals surface area (Å²) in [6.07, 6.45) is 0.859. The van der Waals surface area contributed by atoms with Gasteiger partial charge in [-0.15, -0.1) is 0 Å². The Bertz CT molecular complexity index is 883. The first-order chi connectivity index (χ1) is 14.3. The molecule has 0 saturated carbocycles. The predicted molar refractivity (Wildman–Crippen MR) is 115 cm³/mol. The van der Waals surface area contributed by atoms with Crippen LogP contribution in [0.5, 0.6) is 11.5 Å². The summed E-state index contributed by atoms with van der Waals surface area (Å²) < 4.78 is 24.4. The van der Waals surface area contributed by atoms with Crippen molar-refractivity contribution in [3.63, 3.8) is 0 Å². The lowest BCUT2D eigenvalue weighted by Crippen LogP contribution is -2.48. The summed E-state index contributed by atoms with van der Waals surface area (Å²) in [4.78, 5) is 14.8. The molecule has 0 unspecified atom stereocenters. The van der Waals surface area contributed by atoms with Crippen LogP contribution in [0, 0.1) is 11.7 Å². The van der Waals surface area contributed by atoms with Crippen molar-refractivity contribution in [1.82, 2.24) is 10.2 Å². The number of nitrogens with zero attached hydrogens (tertiary/aromatic N) is 1. The molecule has 0 spiro atoms. The highest BCUT2D eigenvalue weighted by Gasteiger charge is 2.34. The molecule has 0 aliphatic carbocycles. The highest BCUT2D eigenvalue weighted by molar-refractivity contribution is 5.78. The van der Waals surface area contributed by atoms with Gasteiger partial charge in [0.1, 0.15) is 5.82 Å². The van der Waals surface area contributed by atoms with Gasteiger partial charge < -0.3 is 14.8 Å². The standard InChI is InChI=1S/C24H31FN2O3/c1-15(2)24(28)26-16(3)23-20-13-22(30-5)21(29-4)12-18(20)10-11-27(23)14-17-6-8-19(25)9-7-17/h6-9,12-13,15-16,23H,10-11,14H2,1-5H3,(H,26,28)/t16-,23-/m1/s1. The van der Waals surface area contributed by atoms with Gasteiger partial charge in [-0.1, -0.05) is 26.0 Å². The Balaban J connectivity index is 1.98. The molecule has 162 valence electrons. The molecular formula is C24H31FN2O3. The number of benzene rings is 2. The first kappa shape index (κ1) is 22.1.